The number of likely N-dealkylation sites (tertiary alicyclic amines) is 1. The Balaban J connectivity index is 1.64. The molecule has 3 amide bonds. The summed E-state index contributed by atoms with van der Waals surface area (Å²) < 4.78 is 0. The van der Waals surface area contributed by atoms with Crippen LogP contribution in [-0.2, 0) is 9.59 Å². The van der Waals surface area contributed by atoms with Gasteiger partial charge in [0.2, 0.25) is 11.8 Å². The van der Waals surface area contributed by atoms with E-state index in [1.807, 2.05) is 31.2 Å². The van der Waals surface area contributed by atoms with Crippen molar-refractivity contribution < 1.29 is 14.4 Å². The summed E-state index contributed by atoms with van der Waals surface area (Å²) in [5, 5.41) is 8.76. The van der Waals surface area contributed by atoms with Crippen molar-refractivity contribution in [2.24, 2.45) is 0 Å². The van der Waals surface area contributed by atoms with Crippen LogP contribution in [0.1, 0.15) is 36.5 Å². The molecular weight excluding hydrogens is 368 g/mol. The zero-order valence-electron chi connectivity index (χ0n) is 16.7. The summed E-state index contributed by atoms with van der Waals surface area (Å²) in [6.07, 6.45) is 1.86. The van der Waals surface area contributed by atoms with Crippen molar-refractivity contribution in [3.8, 4) is 0 Å². The Hall–Kier alpha value is -3.35. The second kappa shape index (κ2) is 9.23. The molecule has 3 N–H and O–H groups in total. The number of nitrogens with one attached hydrogen (secondary N) is 3. The smallest absolute Gasteiger partial charge is 0.255 e. The number of para-hydroxylation sites is 2. The van der Waals surface area contributed by atoms with E-state index >= 15 is 0 Å². The van der Waals surface area contributed by atoms with E-state index in [1.54, 1.807) is 36.2 Å². The number of rotatable bonds is 7. The molecule has 1 aliphatic rings. The summed E-state index contributed by atoms with van der Waals surface area (Å²) in [5.41, 5.74) is 2.59. The van der Waals surface area contributed by atoms with Crippen molar-refractivity contribution in [3.63, 3.8) is 0 Å². The van der Waals surface area contributed by atoms with Crippen molar-refractivity contribution in [1.29, 1.82) is 0 Å². The second-order valence-corrected chi connectivity index (χ2v) is 6.93. The summed E-state index contributed by atoms with van der Waals surface area (Å²) in [6.45, 7) is 2.52. The number of hydrogen-bond acceptors (Lipinski definition) is 4. The van der Waals surface area contributed by atoms with Crippen LogP contribution in [0.25, 0.3) is 0 Å². The van der Waals surface area contributed by atoms with Crippen LogP contribution < -0.4 is 16.0 Å². The number of hydrogen-bond donors (Lipinski definition) is 3. The molecule has 7 heteroatoms. The highest BCUT2D eigenvalue weighted by atomic mass is 16.2. The second-order valence-electron chi connectivity index (χ2n) is 6.93. The quantitative estimate of drug-likeness (QED) is 0.672. The minimum Gasteiger partial charge on any atom is -0.386 e. The lowest BCUT2D eigenvalue weighted by Gasteiger charge is -2.25. The van der Waals surface area contributed by atoms with Gasteiger partial charge in [0.1, 0.15) is 6.04 Å². The third-order valence-corrected chi connectivity index (χ3v) is 5.03. The Morgan fingerprint density at radius 3 is 2.31 bits per heavy atom. The first-order valence-corrected chi connectivity index (χ1v) is 9.82. The minimum atomic E-state index is -0.467. The lowest BCUT2D eigenvalue weighted by molar-refractivity contribution is -0.135. The van der Waals surface area contributed by atoms with Crippen molar-refractivity contribution in [1.82, 2.24) is 4.90 Å². The molecule has 0 spiro atoms. The largest absolute Gasteiger partial charge is 0.386 e. The zero-order valence-corrected chi connectivity index (χ0v) is 16.7. The van der Waals surface area contributed by atoms with Gasteiger partial charge in [0.15, 0.2) is 0 Å². The molecule has 1 saturated heterocycles. The molecule has 7 nitrogen and oxygen atoms in total. The van der Waals surface area contributed by atoms with E-state index in [0.29, 0.717) is 36.3 Å². The highest BCUT2D eigenvalue weighted by Crippen LogP contribution is 2.22. The SMILES string of the molecule is CCC(C(=O)Nc1ccc(C(=O)Nc2ccccc2NC)cc1)N1CCCC1=O. The average Bonchev–Trinajstić information content (AvgIpc) is 3.15. The minimum absolute atomic E-state index is 0.0286. The molecule has 0 bridgehead atoms. The van der Waals surface area contributed by atoms with Gasteiger partial charge in [0.25, 0.3) is 5.91 Å². The molecule has 29 heavy (non-hydrogen) atoms. The number of benzene rings is 2. The Kier molecular flexibility index (Phi) is 6.49. The van der Waals surface area contributed by atoms with Crippen LogP contribution in [0.2, 0.25) is 0 Å². The van der Waals surface area contributed by atoms with Crippen LogP contribution >= 0.6 is 0 Å². The molecule has 0 aliphatic carbocycles. The van der Waals surface area contributed by atoms with Gasteiger partial charge in [-0.3, -0.25) is 14.4 Å². The van der Waals surface area contributed by atoms with E-state index in [-0.39, 0.29) is 17.7 Å². The maximum Gasteiger partial charge on any atom is 0.255 e. The zero-order chi connectivity index (χ0) is 20.8. The average molecular weight is 394 g/mol. The fraction of sp³-hybridized carbons (Fsp3) is 0.318. The fourth-order valence-electron chi connectivity index (χ4n) is 3.48. The Labute approximate surface area is 170 Å². The molecule has 1 heterocycles. The van der Waals surface area contributed by atoms with Crippen LogP contribution in [-0.4, -0.2) is 42.3 Å². The lowest BCUT2D eigenvalue weighted by Crippen LogP contribution is -2.44. The number of anilines is 3. The molecule has 0 radical (unpaired) electrons. The van der Waals surface area contributed by atoms with Crippen LogP contribution in [0.5, 0.6) is 0 Å². The Morgan fingerprint density at radius 2 is 1.72 bits per heavy atom. The van der Waals surface area contributed by atoms with Crippen LogP contribution in [0.15, 0.2) is 48.5 Å². The van der Waals surface area contributed by atoms with E-state index in [0.717, 1.165) is 12.1 Å². The summed E-state index contributed by atoms with van der Waals surface area (Å²) in [6, 6.07) is 13.7. The van der Waals surface area contributed by atoms with Gasteiger partial charge in [-0.25, -0.2) is 0 Å². The monoisotopic (exact) mass is 394 g/mol. The van der Waals surface area contributed by atoms with E-state index in [2.05, 4.69) is 16.0 Å². The van der Waals surface area contributed by atoms with Gasteiger partial charge in [-0.2, -0.15) is 0 Å². The number of amides is 3. The normalized spacial score (nSPS) is 14.4. The summed E-state index contributed by atoms with van der Waals surface area (Å²) >= 11 is 0. The first kappa shape index (κ1) is 20.4. The van der Waals surface area contributed by atoms with Crippen molar-refractivity contribution in [3.05, 3.63) is 54.1 Å². The maximum atomic E-state index is 12.6. The topological polar surface area (TPSA) is 90.5 Å². The van der Waals surface area contributed by atoms with Gasteiger partial charge in [0, 0.05) is 31.3 Å². The van der Waals surface area contributed by atoms with Crippen molar-refractivity contribution in [2.45, 2.75) is 32.2 Å². The molecule has 2 aromatic rings. The number of nitrogens with zero attached hydrogens (tertiary/aromatic N) is 1. The molecule has 1 fully saturated rings. The molecule has 152 valence electrons. The van der Waals surface area contributed by atoms with E-state index in [9.17, 15) is 14.4 Å². The Bertz CT molecular complexity index is 895. The summed E-state index contributed by atoms with van der Waals surface area (Å²) in [4.78, 5) is 38.7. The van der Waals surface area contributed by atoms with Crippen LogP contribution in [0.4, 0.5) is 17.1 Å². The third kappa shape index (κ3) is 4.74. The number of carbonyl (C=O) groups excluding carboxylic acids is 3. The summed E-state index contributed by atoms with van der Waals surface area (Å²) in [5.74, 6) is -0.413. The van der Waals surface area contributed by atoms with Crippen LogP contribution in [0, 0.1) is 0 Å². The van der Waals surface area contributed by atoms with Gasteiger partial charge < -0.3 is 20.9 Å². The first-order valence-electron chi connectivity index (χ1n) is 9.82. The molecule has 1 atom stereocenters. The van der Waals surface area contributed by atoms with Crippen LogP contribution in [0.3, 0.4) is 0 Å². The maximum absolute atomic E-state index is 12.6. The predicted octanol–water partition coefficient (Wildman–Crippen LogP) is 3.32. The lowest BCUT2D eigenvalue weighted by atomic mass is 10.1. The predicted molar refractivity (Wildman–Crippen MR) is 114 cm³/mol. The molecular formula is C22H26N4O3. The molecule has 0 aromatic heterocycles. The van der Waals surface area contributed by atoms with Gasteiger partial charge >= 0.3 is 0 Å². The molecule has 1 aliphatic heterocycles. The van der Waals surface area contributed by atoms with Gasteiger partial charge in [-0.1, -0.05) is 19.1 Å². The number of carbonyl (C=O) groups is 3. The van der Waals surface area contributed by atoms with Gasteiger partial charge in [-0.15, -0.1) is 0 Å². The van der Waals surface area contributed by atoms with E-state index in [4.69, 9.17) is 0 Å². The molecule has 0 saturated carbocycles. The van der Waals surface area contributed by atoms with Crippen molar-refractivity contribution >= 4 is 34.8 Å². The van der Waals surface area contributed by atoms with Gasteiger partial charge in [-0.05, 0) is 49.2 Å². The Morgan fingerprint density at radius 1 is 1.03 bits per heavy atom. The highest BCUT2D eigenvalue weighted by Gasteiger charge is 2.31. The molecule has 3 rings (SSSR count). The summed E-state index contributed by atoms with van der Waals surface area (Å²) in [7, 11) is 1.79. The third-order valence-electron chi connectivity index (χ3n) is 5.03. The van der Waals surface area contributed by atoms with E-state index < -0.39 is 6.04 Å². The molecule has 1 unspecified atom stereocenters. The highest BCUT2D eigenvalue weighted by molar-refractivity contribution is 6.06. The fourth-order valence-corrected chi connectivity index (χ4v) is 3.48. The van der Waals surface area contributed by atoms with E-state index in [1.165, 1.54) is 0 Å². The molecule has 2 aromatic carbocycles. The van der Waals surface area contributed by atoms with Crippen molar-refractivity contribution in [2.75, 3.05) is 29.5 Å². The standard InChI is InChI=1S/C22H26N4O3/c1-3-19(26-14-6-9-20(26)27)22(29)24-16-12-10-15(11-13-16)21(28)25-18-8-5-4-7-17(18)23-2/h4-5,7-8,10-13,19,23H,3,6,9,14H2,1-2H3,(H,24,29)(H,25,28). The van der Waals surface area contributed by atoms with Gasteiger partial charge in [0.05, 0.1) is 11.4 Å². The first-order chi connectivity index (χ1) is 14.0.